The van der Waals surface area contributed by atoms with Gasteiger partial charge in [-0.2, -0.15) is 0 Å². The maximum atomic E-state index is 12.2. The lowest BCUT2D eigenvalue weighted by Crippen LogP contribution is -2.34. The number of nitrogens with two attached hydrogens (primary N) is 1. The number of carbonyl (C=O) groups excluding carboxylic acids is 1. The van der Waals surface area contributed by atoms with Crippen molar-refractivity contribution in [3.05, 3.63) is 48.0 Å². The molecule has 0 saturated heterocycles. The van der Waals surface area contributed by atoms with Crippen LogP contribution in [0.2, 0.25) is 0 Å². The van der Waals surface area contributed by atoms with E-state index in [1.807, 2.05) is 30.3 Å². The van der Waals surface area contributed by atoms with Crippen LogP contribution in [0, 0.1) is 0 Å². The summed E-state index contributed by atoms with van der Waals surface area (Å²) in [6.45, 7) is 0.526. The second-order valence-corrected chi connectivity index (χ2v) is 8.00. The average Bonchev–Trinajstić information content (AvgIpc) is 2.65. The number of hydrogen-bond donors (Lipinski definition) is 2. The van der Waals surface area contributed by atoms with Crippen LogP contribution in [0.3, 0.4) is 0 Å². The highest BCUT2D eigenvalue weighted by atomic mass is 32.2. The quantitative estimate of drug-likeness (QED) is 0.667. The molecule has 8 heteroatoms. The molecule has 2 aromatic rings. The van der Waals surface area contributed by atoms with Gasteiger partial charge in [0.05, 0.1) is 20.0 Å². The van der Waals surface area contributed by atoms with Crippen molar-refractivity contribution in [2.45, 2.75) is 5.75 Å². The number of amides is 1. The first-order valence-corrected chi connectivity index (χ1v) is 10.2. The van der Waals surface area contributed by atoms with E-state index in [1.165, 1.54) is 0 Å². The maximum Gasteiger partial charge on any atom is 0.235 e. The van der Waals surface area contributed by atoms with Crippen molar-refractivity contribution in [1.82, 2.24) is 5.32 Å². The molecule has 0 heterocycles. The third-order valence-corrected chi connectivity index (χ3v) is 5.35. The lowest BCUT2D eigenvalue weighted by atomic mass is 10.0. The van der Waals surface area contributed by atoms with Crippen molar-refractivity contribution < 1.29 is 22.7 Å². The molecule has 7 nitrogen and oxygen atoms in total. The molecule has 0 saturated carbocycles. The number of ether oxygens (including phenoxy) is 2. The van der Waals surface area contributed by atoms with E-state index in [0.717, 1.165) is 11.1 Å². The number of nitrogens with one attached hydrogen (secondary N) is 1. The molecule has 0 aliphatic rings. The standard InChI is InChI=1S/C19H24N2O5S/c1-25-17-8-7-16(11-18(17)26-2)15-5-3-14(4-6-15)12-27(23,24)13-19(22)21-10-9-20/h3-8,11H,9-10,12-13,20H2,1-2H3,(H,21,22). The average molecular weight is 392 g/mol. The van der Waals surface area contributed by atoms with Gasteiger partial charge in [-0.25, -0.2) is 8.42 Å². The predicted molar refractivity (Wildman–Crippen MR) is 105 cm³/mol. The third-order valence-electron chi connectivity index (χ3n) is 3.87. The Bertz CT molecular complexity index is 879. The molecule has 0 aliphatic carbocycles. The Morgan fingerprint density at radius 3 is 2.22 bits per heavy atom. The Balaban J connectivity index is 2.10. The normalized spacial score (nSPS) is 11.1. The first-order chi connectivity index (χ1) is 12.9. The highest BCUT2D eigenvalue weighted by Crippen LogP contribution is 2.32. The number of rotatable bonds is 9. The summed E-state index contributed by atoms with van der Waals surface area (Å²) in [6.07, 6.45) is 0. The van der Waals surface area contributed by atoms with Gasteiger partial charge in [0.15, 0.2) is 21.3 Å². The Morgan fingerprint density at radius 1 is 1.00 bits per heavy atom. The highest BCUT2D eigenvalue weighted by molar-refractivity contribution is 7.91. The van der Waals surface area contributed by atoms with E-state index in [0.29, 0.717) is 17.1 Å². The zero-order valence-electron chi connectivity index (χ0n) is 15.4. The van der Waals surface area contributed by atoms with Crippen LogP contribution >= 0.6 is 0 Å². The molecule has 0 aromatic heterocycles. The van der Waals surface area contributed by atoms with Crippen LogP contribution in [0.4, 0.5) is 0 Å². The van der Waals surface area contributed by atoms with Crippen LogP contribution in [0.5, 0.6) is 11.5 Å². The molecule has 0 aliphatic heterocycles. The molecule has 2 rings (SSSR count). The minimum atomic E-state index is -3.55. The molecule has 0 unspecified atom stereocenters. The number of benzene rings is 2. The minimum absolute atomic E-state index is 0.199. The largest absolute Gasteiger partial charge is 0.493 e. The van der Waals surface area contributed by atoms with E-state index in [-0.39, 0.29) is 18.8 Å². The molecule has 0 fully saturated rings. The molecular formula is C19H24N2O5S. The van der Waals surface area contributed by atoms with Crippen LogP contribution in [0.25, 0.3) is 11.1 Å². The van der Waals surface area contributed by atoms with Gasteiger partial charge in [-0.1, -0.05) is 30.3 Å². The van der Waals surface area contributed by atoms with Crippen LogP contribution < -0.4 is 20.5 Å². The summed E-state index contributed by atoms with van der Waals surface area (Å²) in [6, 6.07) is 12.7. The fourth-order valence-electron chi connectivity index (χ4n) is 2.58. The first kappa shape index (κ1) is 20.7. The van der Waals surface area contributed by atoms with E-state index in [1.54, 1.807) is 26.4 Å². The van der Waals surface area contributed by atoms with Gasteiger partial charge in [-0.15, -0.1) is 0 Å². The Kier molecular flexibility index (Phi) is 7.20. The summed E-state index contributed by atoms with van der Waals surface area (Å²) in [5.74, 6) is -0.0379. The number of carbonyl (C=O) groups is 1. The molecule has 0 spiro atoms. The van der Waals surface area contributed by atoms with Crippen molar-refractivity contribution >= 4 is 15.7 Å². The predicted octanol–water partition coefficient (Wildman–Crippen LogP) is 1.36. The maximum absolute atomic E-state index is 12.2. The van der Waals surface area contributed by atoms with Gasteiger partial charge in [0, 0.05) is 13.1 Å². The van der Waals surface area contributed by atoms with E-state index in [4.69, 9.17) is 15.2 Å². The topological polar surface area (TPSA) is 108 Å². The van der Waals surface area contributed by atoms with Gasteiger partial charge in [0.2, 0.25) is 5.91 Å². The summed E-state index contributed by atoms with van der Waals surface area (Å²) in [5, 5.41) is 2.46. The van der Waals surface area contributed by atoms with Crippen LogP contribution in [-0.4, -0.2) is 47.4 Å². The van der Waals surface area contributed by atoms with Gasteiger partial charge >= 0.3 is 0 Å². The van der Waals surface area contributed by atoms with Gasteiger partial charge in [0.25, 0.3) is 0 Å². The van der Waals surface area contributed by atoms with E-state index >= 15 is 0 Å². The molecule has 0 bridgehead atoms. The van der Waals surface area contributed by atoms with Crippen molar-refractivity contribution in [1.29, 1.82) is 0 Å². The molecule has 3 N–H and O–H groups in total. The summed E-state index contributed by atoms with van der Waals surface area (Å²) in [5.41, 5.74) is 7.73. The van der Waals surface area contributed by atoms with Crippen molar-refractivity contribution in [2.75, 3.05) is 33.1 Å². The molecule has 0 atom stereocenters. The molecule has 1 amide bonds. The Hall–Kier alpha value is -2.58. The number of methoxy groups -OCH3 is 2. The molecule has 146 valence electrons. The summed E-state index contributed by atoms with van der Waals surface area (Å²) >= 11 is 0. The fraction of sp³-hybridized carbons (Fsp3) is 0.316. The fourth-order valence-corrected chi connectivity index (χ4v) is 3.88. The van der Waals surface area contributed by atoms with Gasteiger partial charge in [0.1, 0.15) is 5.75 Å². The summed E-state index contributed by atoms with van der Waals surface area (Å²) in [4.78, 5) is 11.6. The van der Waals surface area contributed by atoms with Crippen LogP contribution in [-0.2, 0) is 20.4 Å². The van der Waals surface area contributed by atoms with Gasteiger partial charge in [-0.05, 0) is 28.8 Å². The number of sulfone groups is 1. The van der Waals surface area contributed by atoms with Crippen LogP contribution in [0.15, 0.2) is 42.5 Å². The van der Waals surface area contributed by atoms with Crippen molar-refractivity contribution in [2.24, 2.45) is 5.73 Å². The first-order valence-electron chi connectivity index (χ1n) is 8.37. The zero-order valence-corrected chi connectivity index (χ0v) is 16.2. The van der Waals surface area contributed by atoms with Crippen molar-refractivity contribution in [3.63, 3.8) is 0 Å². The molecule has 27 heavy (non-hydrogen) atoms. The molecule has 2 aromatic carbocycles. The Morgan fingerprint density at radius 2 is 1.63 bits per heavy atom. The monoisotopic (exact) mass is 392 g/mol. The lowest BCUT2D eigenvalue weighted by Gasteiger charge is -2.10. The molecule has 0 radical (unpaired) electrons. The van der Waals surface area contributed by atoms with E-state index in [2.05, 4.69) is 5.32 Å². The SMILES string of the molecule is COc1ccc(-c2ccc(CS(=O)(=O)CC(=O)NCCN)cc2)cc1OC. The minimum Gasteiger partial charge on any atom is -0.493 e. The number of hydrogen-bond acceptors (Lipinski definition) is 6. The highest BCUT2D eigenvalue weighted by Gasteiger charge is 2.17. The lowest BCUT2D eigenvalue weighted by molar-refractivity contribution is -0.118. The third kappa shape index (κ3) is 5.97. The second-order valence-electron chi connectivity index (χ2n) is 5.94. The van der Waals surface area contributed by atoms with E-state index in [9.17, 15) is 13.2 Å². The van der Waals surface area contributed by atoms with E-state index < -0.39 is 21.5 Å². The zero-order chi connectivity index (χ0) is 19.9. The van der Waals surface area contributed by atoms with Gasteiger partial charge < -0.3 is 20.5 Å². The summed E-state index contributed by atoms with van der Waals surface area (Å²) in [7, 11) is -0.410. The second kappa shape index (κ2) is 9.38. The van der Waals surface area contributed by atoms with Crippen molar-refractivity contribution in [3.8, 4) is 22.6 Å². The van der Waals surface area contributed by atoms with Gasteiger partial charge in [-0.3, -0.25) is 4.79 Å². The smallest absolute Gasteiger partial charge is 0.235 e. The molecular weight excluding hydrogens is 368 g/mol. The van der Waals surface area contributed by atoms with Crippen LogP contribution in [0.1, 0.15) is 5.56 Å². The Labute approximate surface area is 159 Å². The summed E-state index contributed by atoms with van der Waals surface area (Å²) < 4.78 is 34.8.